The minimum atomic E-state index is -0.932. The Hall–Kier alpha value is -1.49. The van der Waals surface area contributed by atoms with Gasteiger partial charge in [-0.2, -0.15) is 0 Å². The standard InChI is InChI=1S/C10H11F2N3/c1-2-6(13)10-14-7-4-3-5(11)8(12)9(7)15-10/h3-4,6H,2,13H2,1H3,(H,14,15). The van der Waals surface area contributed by atoms with Crippen LogP contribution in [0.5, 0.6) is 0 Å². The third-order valence-electron chi connectivity index (χ3n) is 2.36. The second-order valence-electron chi connectivity index (χ2n) is 3.39. The number of nitrogens with one attached hydrogen (secondary N) is 1. The Morgan fingerprint density at radius 2 is 2.20 bits per heavy atom. The van der Waals surface area contributed by atoms with Gasteiger partial charge >= 0.3 is 0 Å². The Morgan fingerprint density at radius 1 is 1.47 bits per heavy atom. The molecule has 0 aliphatic carbocycles. The lowest BCUT2D eigenvalue weighted by molar-refractivity contribution is 0.515. The zero-order valence-corrected chi connectivity index (χ0v) is 8.22. The Morgan fingerprint density at radius 3 is 2.87 bits per heavy atom. The Labute approximate surface area is 85.3 Å². The van der Waals surface area contributed by atoms with Gasteiger partial charge in [-0.3, -0.25) is 0 Å². The van der Waals surface area contributed by atoms with Crippen molar-refractivity contribution in [3.63, 3.8) is 0 Å². The van der Waals surface area contributed by atoms with E-state index in [2.05, 4.69) is 9.97 Å². The predicted molar refractivity (Wildman–Crippen MR) is 53.2 cm³/mol. The van der Waals surface area contributed by atoms with Crippen molar-refractivity contribution >= 4 is 11.0 Å². The van der Waals surface area contributed by atoms with Crippen molar-refractivity contribution in [2.75, 3.05) is 0 Å². The fourth-order valence-electron chi connectivity index (χ4n) is 1.41. The van der Waals surface area contributed by atoms with Crippen molar-refractivity contribution in [1.29, 1.82) is 0 Å². The molecule has 1 atom stereocenters. The number of halogens is 2. The molecule has 3 N–H and O–H groups in total. The topological polar surface area (TPSA) is 54.7 Å². The van der Waals surface area contributed by atoms with E-state index in [9.17, 15) is 8.78 Å². The molecule has 5 heteroatoms. The van der Waals surface area contributed by atoms with E-state index in [0.717, 1.165) is 6.07 Å². The second-order valence-corrected chi connectivity index (χ2v) is 3.39. The first kappa shape index (κ1) is 10.0. The van der Waals surface area contributed by atoms with E-state index in [1.165, 1.54) is 6.07 Å². The highest BCUT2D eigenvalue weighted by atomic mass is 19.2. The van der Waals surface area contributed by atoms with Crippen LogP contribution in [0.4, 0.5) is 8.78 Å². The van der Waals surface area contributed by atoms with Crippen LogP contribution in [-0.2, 0) is 0 Å². The van der Waals surface area contributed by atoms with Crippen LogP contribution in [0, 0.1) is 11.6 Å². The number of benzene rings is 1. The maximum Gasteiger partial charge on any atom is 0.186 e. The van der Waals surface area contributed by atoms with Gasteiger partial charge in [-0.1, -0.05) is 6.92 Å². The molecule has 3 nitrogen and oxygen atoms in total. The number of aromatic nitrogens is 2. The van der Waals surface area contributed by atoms with E-state index in [1.54, 1.807) is 0 Å². The van der Waals surface area contributed by atoms with Crippen LogP contribution >= 0.6 is 0 Å². The maximum absolute atomic E-state index is 13.3. The molecule has 0 aliphatic rings. The van der Waals surface area contributed by atoms with Crippen LogP contribution in [0.3, 0.4) is 0 Å². The summed E-state index contributed by atoms with van der Waals surface area (Å²) in [5.74, 6) is -1.35. The summed E-state index contributed by atoms with van der Waals surface area (Å²) in [6.45, 7) is 1.90. The monoisotopic (exact) mass is 211 g/mol. The van der Waals surface area contributed by atoms with Crippen molar-refractivity contribution in [2.24, 2.45) is 5.73 Å². The smallest absolute Gasteiger partial charge is 0.186 e. The summed E-state index contributed by atoms with van der Waals surface area (Å²) in [7, 11) is 0. The summed E-state index contributed by atoms with van der Waals surface area (Å²) in [5, 5.41) is 0. The molecule has 2 rings (SSSR count). The number of H-pyrrole nitrogens is 1. The molecule has 0 aliphatic heterocycles. The van der Waals surface area contributed by atoms with Crippen molar-refractivity contribution in [3.05, 3.63) is 29.6 Å². The number of nitrogens with zero attached hydrogens (tertiary/aromatic N) is 1. The van der Waals surface area contributed by atoms with Crippen LogP contribution in [0.2, 0.25) is 0 Å². The van der Waals surface area contributed by atoms with E-state index in [1.807, 2.05) is 6.92 Å². The van der Waals surface area contributed by atoms with Crippen LogP contribution in [0.25, 0.3) is 11.0 Å². The molecule has 1 heterocycles. The fraction of sp³-hybridized carbons (Fsp3) is 0.300. The summed E-state index contributed by atoms with van der Waals surface area (Å²) >= 11 is 0. The zero-order chi connectivity index (χ0) is 11.0. The third-order valence-corrected chi connectivity index (χ3v) is 2.36. The molecule has 0 bridgehead atoms. The first-order valence-electron chi connectivity index (χ1n) is 4.72. The summed E-state index contributed by atoms with van der Waals surface area (Å²) in [5.41, 5.74) is 6.21. The summed E-state index contributed by atoms with van der Waals surface area (Å²) < 4.78 is 26.2. The SMILES string of the molecule is CCC(N)c1nc2c(F)c(F)ccc2[nH]1. The van der Waals surface area contributed by atoms with Gasteiger partial charge in [0.25, 0.3) is 0 Å². The molecular formula is C10H11F2N3. The quantitative estimate of drug-likeness (QED) is 0.800. The number of imidazole rings is 1. The number of aromatic amines is 1. The van der Waals surface area contributed by atoms with Crippen molar-refractivity contribution in [1.82, 2.24) is 9.97 Å². The number of hydrogen-bond acceptors (Lipinski definition) is 2. The van der Waals surface area contributed by atoms with E-state index < -0.39 is 11.6 Å². The van der Waals surface area contributed by atoms with E-state index in [-0.39, 0.29) is 11.6 Å². The van der Waals surface area contributed by atoms with Gasteiger partial charge in [0.2, 0.25) is 0 Å². The van der Waals surface area contributed by atoms with E-state index >= 15 is 0 Å². The van der Waals surface area contributed by atoms with Gasteiger partial charge in [-0.15, -0.1) is 0 Å². The number of hydrogen-bond donors (Lipinski definition) is 2. The number of fused-ring (bicyclic) bond motifs is 1. The van der Waals surface area contributed by atoms with Gasteiger partial charge in [0.05, 0.1) is 11.6 Å². The number of rotatable bonds is 2. The Balaban J connectivity index is 2.61. The lowest BCUT2D eigenvalue weighted by Gasteiger charge is -2.02. The first-order chi connectivity index (χ1) is 7.13. The fourth-order valence-corrected chi connectivity index (χ4v) is 1.41. The molecule has 1 aromatic carbocycles. The lowest BCUT2D eigenvalue weighted by atomic mass is 10.2. The molecule has 1 aromatic heterocycles. The minimum Gasteiger partial charge on any atom is -0.341 e. The minimum absolute atomic E-state index is 0.00824. The molecule has 15 heavy (non-hydrogen) atoms. The molecule has 0 radical (unpaired) electrons. The first-order valence-corrected chi connectivity index (χ1v) is 4.72. The van der Waals surface area contributed by atoms with Crippen LogP contribution < -0.4 is 5.73 Å². The normalized spacial score (nSPS) is 13.3. The lowest BCUT2D eigenvalue weighted by Crippen LogP contribution is -2.10. The zero-order valence-electron chi connectivity index (χ0n) is 8.22. The van der Waals surface area contributed by atoms with Gasteiger partial charge in [0.1, 0.15) is 11.3 Å². The highest BCUT2D eigenvalue weighted by molar-refractivity contribution is 5.75. The van der Waals surface area contributed by atoms with Crippen molar-refractivity contribution in [3.8, 4) is 0 Å². The molecule has 1 unspecified atom stereocenters. The van der Waals surface area contributed by atoms with Gasteiger partial charge in [-0.05, 0) is 18.6 Å². The second kappa shape index (κ2) is 3.58. The highest BCUT2D eigenvalue weighted by Gasteiger charge is 2.14. The molecule has 0 amide bonds. The van der Waals surface area contributed by atoms with Crippen molar-refractivity contribution < 1.29 is 8.78 Å². The van der Waals surface area contributed by atoms with Gasteiger partial charge in [0, 0.05) is 0 Å². The number of nitrogens with two attached hydrogens (primary N) is 1. The molecule has 0 saturated heterocycles. The third kappa shape index (κ3) is 1.59. The van der Waals surface area contributed by atoms with Crippen LogP contribution in [0.1, 0.15) is 25.2 Å². The average Bonchev–Trinajstić information content (AvgIpc) is 2.67. The van der Waals surface area contributed by atoms with E-state index in [0.29, 0.717) is 17.8 Å². The maximum atomic E-state index is 13.3. The largest absolute Gasteiger partial charge is 0.341 e. The summed E-state index contributed by atoms with van der Waals surface area (Å²) in [4.78, 5) is 6.82. The highest BCUT2D eigenvalue weighted by Crippen LogP contribution is 2.20. The Bertz CT molecular complexity index is 493. The van der Waals surface area contributed by atoms with Gasteiger partial charge < -0.3 is 10.7 Å². The predicted octanol–water partition coefficient (Wildman–Crippen LogP) is 2.25. The van der Waals surface area contributed by atoms with Gasteiger partial charge in [-0.25, -0.2) is 13.8 Å². The molecule has 0 spiro atoms. The summed E-state index contributed by atoms with van der Waals surface area (Å²) in [6.07, 6.45) is 0.684. The molecular weight excluding hydrogens is 200 g/mol. The average molecular weight is 211 g/mol. The van der Waals surface area contributed by atoms with Crippen molar-refractivity contribution in [2.45, 2.75) is 19.4 Å². The molecule has 0 fully saturated rings. The van der Waals surface area contributed by atoms with Gasteiger partial charge in [0.15, 0.2) is 11.6 Å². The van der Waals surface area contributed by atoms with Crippen LogP contribution in [-0.4, -0.2) is 9.97 Å². The molecule has 0 saturated carbocycles. The molecule has 80 valence electrons. The Kier molecular flexibility index (Phi) is 2.40. The van der Waals surface area contributed by atoms with E-state index in [4.69, 9.17) is 5.73 Å². The molecule has 2 aromatic rings. The summed E-state index contributed by atoms with van der Waals surface area (Å²) in [6, 6.07) is 2.24. The van der Waals surface area contributed by atoms with Crippen LogP contribution in [0.15, 0.2) is 12.1 Å².